The highest BCUT2D eigenvalue weighted by Gasteiger charge is 2.15. The Bertz CT molecular complexity index is 223. The van der Waals surface area contributed by atoms with Crippen molar-refractivity contribution in [3.63, 3.8) is 0 Å². The van der Waals surface area contributed by atoms with Gasteiger partial charge in [-0.25, -0.2) is 0 Å². The SMILES string of the molecule is CC(CN(C)C)NCC(=O)N1CCCCCC1. The van der Waals surface area contributed by atoms with Crippen molar-refractivity contribution in [1.29, 1.82) is 0 Å². The van der Waals surface area contributed by atoms with E-state index in [1.807, 2.05) is 4.90 Å². The average Bonchev–Trinajstić information content (AvgIpc) is 2.53. The second kappa shape index (κ2) is 7.67. The lowest BCUT2D eigenvalue weighted by atomic mass is 10.2. The molecule has 0 saturated carbocycles. The van der Waals surface area contributed by atoms with Crippen LogP contribution in [0.2, 0.25) is 0 Å². The fourth-order valence-electron chi connectivity index (χ4n) is 2.31. The summed E-state index contributed by atoms with van der Waals surface area (Å²) in [5, 5.41) is 3.30. The number of nitrogens with zero attached hydrogens (tertiary/aromatic N) is 2. The van der Waals surface area contributed by atoms with Crippen molar-refractivity contribution < 1.29 is 4.79 Å². The molecule has 4 nitrogen and oxygen atoms in total. The molecule has 1 unspecified atom stereocenters. The van der Waals surface area contributed by atoms with Gasteiger partial charge in [-0.1, -0.05) is 12.8 Å². The number of likely N-dealkylation sites (N-methyl/N-ethyl adjacent to an activating group) is 1. The molecular formula is C13H27N3O. The summed E-state index contributed by atoms with van der Waals surface area (Å²) in [6.07, 6.45) is 4.88. The number of hydrogen-bond donors (Lipinski definition) is 1. The molecule has 1 aliphatic heterocycles. The monoisotopic (exact) mass is 241 g/mol. The van der Waals surface area contributed by atoms with E-state index >= 15 is 0 Å². The van der Waals surface area contributed by atoms with Crippen molar-refractivity contribution in [1.82, 2.24) is 15.1 Å². The van der Waals surface area contributed by atoms with Crippen molar-refractivity contribution in [2.24, 2.45) is 0 Å². The topological polar surface area (TPSA) is 35.6 Å². The molecule has 1 heterocycles. The van der Waals surface area contributed by atoms with E-state index < -0.39 is 0 Å². The van der Waals surface area contributed by atoms with E-state index in [0.717, 1.165) is 19.6 Å². The van der Waals surface area contributed by atoms with E-state index in [1.54, 1.807) is 0 Å². The Hall–Kier alpha value is -0.610. The third-order valence-electron chi connectivity index (χ3n) is 3.20. The zero-order chi connectivity index (χ0) is 12.7. The molecular weight excluding hydrogens is 214 g/mol. The van der Waals surface area contributed by atoms with Crippen molar-refractivity contribution >= 4 is 5.91 Å². The van der Waals surface area contributed by atoms with Crippen molar-refractivity contribution in [2.45, 2.75) is 38.6 Å². The zero-order valence-electron chi connectivity index (χ0n) is 11.5. The first kappa shape index (κ1) is 14.5. The van der Waals surface area contributed by atoms with Gasteiger partial charge in [0, 0.05) is 25.7 Å². The van der Waals surface area contributed by atoms with Crippen LogP contribution in [0.5, 0.6) is 0 Å². The Morgan fingerprint density at radius 2 is 1.82 bits per heavy atom. The van der Waals surface area contributed by atoms with Gasteiger partial charge in [0.2, 0.25) is 5.91 Å². The lowest BCUT2D eigenvalue weighted by molar-refractivity contribution is -0.130. The summed E-state index contributed by atoms with van der Waals surface area (Å²) in [5.74, 6) is 0.262. The van der Waals surface area contributed by atoms with E-state index in [9.17, 15) is 4.79 Å². The van der Waals surface area contributed by atoms with E-state index in [4.69, 9.17) is 0 Å². The van der Waals surface area contributed by atoms with Crippen LogP contribution in [0.4, 0.5) is 0 Å². The molecule has 0 aromatic heterocycles. The second-order valence-corrected chi connectivity index (χ2v) is 5.34. The van der Waals surface area contributed by atoms with Crippen LogP contribution in [0, 0.1) is 0 Å². The molecule has 1 N–H and O–H groups in total. The summed E-state index contributed by atoms with van der Waals surface area (Å²) < 4.78 is 0. The van der Waals surface area contributed by atoms with Gasteiger partial charge >= 0.3 is 0 Å². The molecule has 0 bridgehead atoms. The van der Waals surface area contributed by atoms with Crippen molar-refractivity contribution in [2.75, 3.05) is 40.3 Å². The fourth-order valence-corrected chi connectivity index (χ4v) is 2.31. The van der Waals surface area contributed by atoms with Crippen LogP contribution in [0.3, 0.4) is 0 Å². The largest absolute Gasteiger partial charge is 0.342 e. The summed E-state index contributed by atoms with van der Waals surface area (Å²) in [7, 11) is 4.10. The summed E-state index contributed by atoms with van der Waals surface area (Å²) in [5.41, 5.74) is 0. The Kier molecular flexibility index (Phi) is 6.52. The molecule has 1 atom stereocenters. The van der Waals surface area contributed by atoms with Gasteiger partial charge in [-0.15, -0.1) is 0 Å². The minimum Gasteiger partial charge on any atom is -0.342 e. The van der Waals surface area contributed by atoms with Gasteiger partial charge in [-0.05, 0) is 33.9 Å². The predicted molar refractivity (Wildman–Crippen MR) is 71.1 cm³/mol. The summed E-state index contributed by atoms with van der Waals surface area (Å²) >= 11 is 0. The Balaban J connectivity index is 2.23. The van der Waals surface area contributed by atoms with Crippen LogP contribution in [0.1, 0.15) is 32.6 Å². The van der Waals surface area contributed by atoms with Crippen LogP contribution in [0.25, 0.3) is 0 Å². The van der Waals surface area contributed by atoms with E-state index in [-0.39, 0.29) is 5.91 Å². The summed E-state index contributed by atoms with van der Waals surface area (Å²) in [4.78, 5) is 16.1. The van der Waals surface area contributed by atoms with Crippen LogP contribution >= 0.6 is 0 Å². The van der Waals surface area contributed by atoms with E-state index in [2.05, 4.69) is 31.2 Å². The second-order valence-electron chi connectivity index (χ2n) is 5.34. The maximum absolute atomic E-state index is 12.0. The van der Waals surface area contributed by atoms with Crippen molar-refractivity contribution in [3.8, 4) is 0 Å². The lowest BCUT2D eigenvalue weighted by Gasteiger charge is -2.23. The minimum absolute atomic E-state index is 0.262. The highest BCUT2D eigenvalue weighted by atomic mass is 16.2. The van der Waals surface area contributed by atoms with Crippen LogP contribution in [-0.2, 0) is 4.79 Å². The number of rotatable bonds is 5. The molecule has 0 aromatic rings. The molecule has 4 heteroatoms. The number of likely N-dealkylation sites (tertiary alicyclic amines) is 1. The van der Waals surface area contributed by atoms with Gasteiger partial charge in [0.25, 0.3) is 0 Å². The van der Waals surface area contributed by atoms with Gasteiger partial charge in [-0.3, -0.25) is 4.79 Å². The molecule has 0 spiro atoms. The predicted octanol–water partition coefficient (Wildman–Crippen LogP) is 0.929. The lowest BCUT2D eigenvalue weighted by Crippen LogP contribution is -2.44. The Morgan fingerprint density at radius 3 is 2.35 bits per heavy atom. The third kappa shape index (κ3) is 6.03. The first-order chi connectivity index (χ1) is 8.09. The smallest absolute Gasteiger partial charge is 0.236 e. The van der Waals surface area contributed by atoms with Crippen LogP contribution < -0.4 is 5.32 Å². The molecule has 0 radical (unpaired) electrons. The first-order valence-electron chi connectivity index (χ1n) is 6.75. The number of carbonyl (C=O) groups is 1. The summed E-state index contributed by atoms with van der Waals surface area (Å²) in [6, 6.07) is 0.362. The Labute approximate surface area is 105 Å². The summed E-state index contributed by atoms with van der Waals surface area (Å²) in [6.45, 7) is 5.46. The minimum atomic E-state index is 0.262. The van der Waals surface area contributed by atoms with Gasteiger partial charge < -0.3 is 15.1 Å². The molecule has 1 rings (SSSR count). The number of carbonyl (C=O) groups excluding carboxylic acids is 1. The highest BCUT2D eigenvalue weighted by molar-refractivity contribution is 5.78. The van der Waals surface area contributed by atoms with Crippen LogP contribution in [0.15, 0.2) is 0 Å². The van der Waals surface area contributed by atoms with Gasteiger partial charge in [0.1, 0.15) is 0 Å². The molecule has 1 saturated heterocycles. The van der Waals surface area contributed by atoms with E-state index in [0.29, 0.717) is 12.6 Å². The Morgan fingerprint density at radius 1 is 1.24 bits per heavy atom. The van der Waals surface area contributed by atoms with Crippen LogP contribution in [-0.4, -0.2) is 62.0 Å². The maximum atomic E-state index is 12.0. The van der Waals surface area contributed by atoms with Crippen molar-refractivity contribution in [3.05, 3.63) is 0 Å². The molecule has 1 fully saturated rings. The molecule has 1 aliphatic rings. The standard InChI is InChI=1S/C13H27N3O/c1-12(11-15(2)3)14-10-13(17)16-8-6-4-5-7-9-16/h12,14H,4-11H2,1-3H3. The molecule has 100 valence electrons. The zero-order valence-corrected chi connectivity index (χ0v) is 11.5. The number of hydrogen-bond acceptors (Lipinski definition) is 3. The molecule has 1 amide bonds. The highest BCUT2D eigenvalue weighted by Crippen LogP contribution is 2.09. The first-order valence-corrected chi connectivity index (χ1v) is 6.75. The normalized spacial score (nSPS) is 19.2. The third-order valence-corrected chi connectivity index (χ3v) is 3.20. The molecule has 17 heavy (non-hydrogen) atoms. The molecule has 0 aromatic carbocycles. The quantitative estimate of drug-likeness (QED) is 0.778. The average molecular weight is 241 g/mol. The van der Waals surface area contributed by atoms with E-state index in [1.165, 1.54) is 25.7 Å². The fraction of sp³-hybridized carbons (Fsp3) is 0.923. The molecule has 0 aliphatic carbocycles. The van der Waals surface area contributed by atoms with Gasteiger partial charge in [-0.2, -0.15) is 0 Å². The van der Waals surface area contributed by atoms with Gasteiger partial charge in [0.05, 0.1) is 6.54 Å². The number of amides is 1. The maximum Gasteiger partial charge on any atom is 0.236 e. The van der Waals surface area contributed by atoms with Gasteiger partial charge in [0.15, 0.2) is 0 Å². The number of nitrogens with one attached hydrogen (secondary N) is 1.